The van der Waals surface area contributed by atoms with Crippen LogP contribution in [0.3, 0.4) is 0 Å². The summed E-state index contributed by atoms with van der Waals surface area (Å²) in [5.74, 6) is 0.882. The molecular formula is C23H26N2O3S. The molecule has 1 aliphatic heterocycles. The lowest BCUT2D eigenvalue weighted by Crippen LogP contribution is -2.42. The van der Waals surface area contributed by atoms with Gasteiger partial charge in [-0.15, -0.1) is 11.8 Å². The van der Waals surface area contributed by atoms with Crippen molar-refractivity contribution in [3.63, 3.8) is 0 Å². The molecule has 1 spiro atoms. The van der Waals surface area contributed by atoms with Crippen molar-refractivity contribution < 1.29 is 14.3 Å². The van der Waals surface area contributed by atoms with Crippen molar-refractivity contribution in [3.05, 3.63) is 54.6 Å². The van der Waals surface area contributed by atoms with E-state index in [-0.39, 0.29) is 29.8 Å². The van der Waals surface area contributed by atoms with Crippen LogP contribution in [0, 0.1) is 11.3 Å². The molecule has 1 atom stereocenters. The second-order valence-corrected chi connectivity index (χ2v) is 8.70. The smallest absolute Gasteiger partial charge is 0.260 e. The Labute approximate surface area is 175 Å². The number of carbonyl (C=O) groups excluding carboxylic acids is 2. The van der Waals surface area contributed by atoms with Crippen molar-refractivity contribution in [2.45, 2.75) is 24.2 Å². The molecule has 0 radical (unpaired) electrons. The van der Waals surface area contributed by atoms with Crippen LogP contribution in [-0.4, -0.2) is 42.7 Å². The van der Waals surface area contributed by atoms with Gasteiger partial charge < -0.3 is 15.0 Å². The van der Waals surface area contributed by atoms with Crippen LogP contribution < -0.4 is 10.1 Å². The van der Waals surface area contributed by atoms with Crippen molar-refractivity contribution in [2.75, 3.05) is 31.3 Å². The van der Waals surface area contributed by atoms with Crippen molar-refractivity contribution in [2.24, 2.45) is 11.3 Å². The molecule has 2 aliphatic rings. The van der Waals surface area contributed by atoms with Gasteiger partial charge in [-0.3, -0.25) is 9.59 Å². The zero-order valence-corrected chi connectivity index (χ0v) is 17.4. The number of likely N-dealkylation sites (tertiary alicyclic amines) is 1. The first kappa shape index (κ1) is 19.8. The van der Waals surface area contributed by atoms with Gasteiger partial charge in [0.25, 0.3) is 5.91 Å². The molecule has 29 heavy (non-hydrogen) atoms. The van der Waals surface area contributed by atoms with E-state index in [4.69, 9.17) is 4.74 Å². The largest absolute Gasteiger partial charge is 0.484 e. The number of nitrogens with zero attached hydrogens (tertiary/aromatic N) is 1. The number of anilines is 1. The lowest BCUT2D eigenvalue weighted by molar-refractivity contribution is -0.135. The van der Waals surface area contributed by atoms with Crippen LogP contribution in [-0.2, 0) is 9.59 Å². The Kier molecular flexibility index (Phi) is 5.81. The second kappa shape index (κ2) is 8.49. The second-order valence-electron chi connectivity index (χ2n) is 7.82. The summed E-state index contributed by atoms with van der Waals surface area (Å²) in [6.07, 6.45) is 4.72. The van der Waals surface area contributed by atoms with Crippen molar-refractivity contribution >= 4 is 29.3 Å². The monoisotopic (exact) mass is 410 g/mol. The van der Waals surface area contributed by atoms with Crippen molar-refractivity contribution in [3.8, 4) is 5.75 Å². The van der Waals surface area contributed by atoms with E-state index < -0.39 is 0 Å². The third-order valence-electron chi connectivity index (χ3n) is 6.08. The number of thioether (sulfide) groups is 1. The molecule has 6 heteroatoms. The summed E-state index contributed by atoms with van der Waals surface area (Å²) >= 11 is 1.68. The number of benzene rings is 2. The molecule has 152 valence electrons. The molecule has 0 bridgehead atoms. The molecule has 1 aliphatic carbocycles. The van der Waals surface area contributed by atoms with Gasteiger partial charge in [-0.2, -0.15) is 0 Å². The fourth-order valence-electron chi connectivity index (χ4n) is 4.13. The minimum absolute atomic E-state index is 0.0132. The van der Waals surface area contributed by atoms with Crippen LogP contribution in [0.25, 0.3) is 0 Å². The predicted molar refractivity (Wildman–Crippen MR) is 115 cm³/mol. The highest BCUT2D eigenvalue weighted by Gasteiger charge is 2.58. The van der Waals surface area contributed by atoms with Gasteiger partial charge in [0.05, 0.1) is 0 Å². The third-order valence-corrected chi connectivity index (χ3v) is 6.82. The predicted octanol–water partition coefficient (Wildman–Crippen LogP) is 4.05. The van der Waals surface area contributed by atoms with E-state index in [1.54, 1.807) is 11.8 Å². The SMILES string of the molecule is CSc1ccc(NC(=O)C2CC23CCN(C(=O)COc2ccccc2)CC3)cc1. The maximum atomic E-state index is 12.7. The summed E-state index contributed by atoms with van der Waals surface area (Å²) in [5.41, 5.74) is 0.918. The Morgan fingerprint density at radius 3 is 2.45 bits per heavy atom. The highest BCUT2D eigenvalue weighted by Crippen LogP contribution is 2.59. The van der Waals surface area contributed by atoms with E-state index in [0.717, 1.165) is 24.9 Å². The van der Waals surface area contributed by atoms with E-state index in [2.05, 4.69) is 5.32 Å². The molecule has 5 nitrogen and oxygen atoms in total. The summed E-state index contributed by atoms with van der Waals surface area (Å²) in [6.45, 7) is 1.46. The van der Waals surface area contributed by atoms with Crippen LogP contribution in [0.15, 0.2) is 59.5 Å². The molecule has 1 heterocycles. The number of hydrogen-bond donors (Lipinski definition) is 1. The molecule has 1 unspecified atom stereocenters. The minimum atomic E-state index is 0.0132. The standard InChI is InChI=1S/C23H26N2O3S/c1-29-19-9-7-17(8-10-19)24-22(27)20-15-23(20)11-13-25(14-12-23)21(26)16-28-18-5-3-2-4-6-18/h2-10,20H,11-16H2,1H3,(H,24,27). The van der Waals surface area contributed by atoms with E-state index in [0.29, 0.717) is 18.8 Å². The number of nitrogens with one attached hydrogen (secondary N) is 1. The first-order chi connectivity index (χ1) is 14.1. The molecule has 1 saturated carbocycles. The van der Waals surface area contributed by atoms with Crippen molar-refractivity contribution in [1.29, 1.82) is 0 Å². The van der Waals surface area contributed by atoms with Crippen LogP contribution in [0.2, 0.25) is 0 Å². The molecule has 2 fully saturated rings. The number of carbonyl (C=O) groups is 2. The highest BCUT2D eigenvalue weighted by molar-refractivity contribution is 7.98. The molecule has 2 aromatic rings. The van der Waals surface area contributed by atoms with Crippen LogP contribution in [0.1, 0.15) is 19.3 Å². The number of ether oxygens (including phenoxy) is 1. The van der Waals surface area contributed by atoms with Gasteiger partial charge in [0.2, 0.25) is 5.91 Å². The normalized spacial score (nSPS) is 19.6. The molecule has 2 amide bonds. The zero-order valence-electron chi connectivity index (χ0n) is 16.6. The fourth-order valence-corrected chi connectivity index (χ4v) is 4.54. The fraction of sp³-hybridized carbons (Fsp3) is 0.391. The van der Waals surface area contributed by atoms with Crippen LogP contribution >= 0.6 is 11.8 Å². The number of rotatable bonds is 6. The van der Waals surface area contributed by atoms with Gasteiger partial charge in [0, 0.05) is 29.6 Å². The van der Waals surface area contributed by atoms with Gasteiger partial charge >= 0.3 is 0 Å². The van der Waals surface area contributed by atoms with Crippen molar-refractivity contribution in [1.82, 2.24) is 4.90 Å². The summed E-state index contributed by atoms with van der Waals surface area (Å²) in [5, 5.41) is 3.05. The van der Waals surface area contributed by atoms with Crippen LogP contribution in [0.4, 0.5) is 5.69 Å². The maximum Gasteiger partial charge on any atom is 0.260 e. The molecule has 4 rings (SSSR count). The average Bonchev–Trinajstić information content (AvgIpc) is 3.47. The number of amides is 2. The first-order valence-electron chi connectivity index (χ1n) is 10.0. The Bertz CT molecular complexity index is 861. The Balaban J connectivity index is 1.24. The van der Waals surface area contributed by atoms with E-state index >= 15 is 0 Å². The average molecular weight is 411 g/mol. The molecule has 0 aromatic heterocycles. The highest BCUT2D eigenvalue weighted by atomic mass is 32.2. The summed E-state index contributed by atoms with van der Waals surface area (Å²) in [7, 11) is 0. The third kappa shape index (κ3) is 4.58. The lowest BCUT2D eigenvalue weighted by Gasteiger charge is -2.32. The zero-order chi connectivity index (χ0) is 20.3. The van der Waals surface area contributed by atoms with Crippen LogP contribution in [0.5, 0.6) is 5.75 Å². The van der Waals surface area contributed by atoms with Gasteiger partial charge in [-0.05, 0) is 67.3 Å². The lowest BCUT2D eigenvalue weighted by atomic mass is 9.90. The van der Waals surface area contributed by atoms with E-state index in [1.807, 2.05) is 65.8 Å². The quantitative estimate of drug-likeness (QED) is 0.730. The van der Waals surface area contributed by atoms with Gasteiger partial charge in [0.15, 0.2) is 6.61 Å². The molecule has 1 N–H and O–H groups in total. The Morgan fingerprint density at radius 1 is 1.10 bits per heavy atom. The summed E-state index contributed by atoms with van der Waals surface area (Å²) in [4.78, 5) is 28.1. The summed E-state index contributed by atoms with van der Waals surface area (Å²) in [6, 6.07) is 17.3. The number of piperidine rings is 1. The minimum Gasteiger partial charge on any atom is -0.484 e. The Hall–Kier alpha value is -2.47. The van der Waals surface area contributed by atoms with E-state index in [1.165, 1.54) is 4.90 Å². The first-order valence-corrected chi connectivity index (χ1v) is 11.2. The Morgan fingerprint density at radius 2 is 1.79 bits per heavy atom. The number of hydrogen-bond acceptors (Lipinski definition) is 4. The van der Waals surface area contributed by atoms with Gasteiger partial charge in [-0.25, -0.2) is 0 Å². The molecular weight excluding hydrogens is 384 g/mol. The maximum absolute atomic E-state index is 12.7. The molecule has 1 saturated heterocycles. The van der Waals surface area contributed by atoms with Gasteiger partial charge in [0.1, 0.15) is 5.75 Å². The number of para-hydroxylation sites is 1. The van der Waals surface area contributed by atoms with E-state index in [9.17, 15) is 9.59 Å². The molecule has 2 aromatic carbocycles. The van der Waals surface area contributed by atoms with Gasteiger partial charge in [-0.1, -0.05) is 18.2 Å². The summed E-state index contributed by atoms with van der Waals surface area (Å²) < 4.78 is 5.57. The topological polar surface area (TPSA) is 58.6 Å².